The van der Waals surface area contributed by atoms with Crippen LogP contribution in [0.2, 0.25) is 0 Å². The predicted molar refractivity (Wildman–Crippen MR) is 51.8 cm³/mol. The first-order valence-corrected chi connectivity index (χ1v) is 5.03. The van der Waals surface area contributed by atoms with Crippen molar-refractivity contribution in [2.75, 3.05) is 26.3 Å². The minimum Gasteiger partial charge on any atom is -0.379 e. The van der Waals surface area contributed by atoms with Gasteiger partial charge in [-0.1, -0.05) is 0 Å². The first-order chi connectivity index (χ1) is 8.16. The molecule has 9 nitrogen and oxygen atoms in total. The fourth-order valence-corrected chi connectivity index (χ4v) is 1.52. The van der Waals surface area contributed by atoms with Gasteiger partial charge in [-0.15, -0.1) is 0 Å². The zero-order valence-corrected chi connectivity index (χ0v) is 9.00. The van der Waals surface area contributed by atoms with Crippen molar-refractivity contribution in [3.63, 3.8) is 0 Å². The molecule has 1 aromatic rings. The monoisotopic (exact) mass is 244 g/mol. The van der Waals surface area contributed by atoms with Gasteiger partial charge in [-0.05, 0) is 4.90 Å². The highest BCUT2D eigenvalue weighted by Crippen LogP contribution is 2.14. The lowest BCUT2D eigenvalue weighted by Crippen LogP contribution is -2.40. The van der Waals surface area contributed by atoms with Crippen LogP contribution in [0.15, 0.2) is 4.63 Å². The molecule has 0 atom stereocenters. The van der Waals surface area contributed by atoms with Gasteiger partial charge < -0.3 is 20.4 Å². The summed E-state index contributed by atoms with van der Waals surface area (Å²) in [6, 6.07) is 0. The minimum absolute atomic E-state index is 0.116. The van der Waals surface area contributed by atoms with Gasteiger partial charge in [-0.3, -0.25) is 9.53 Å². The molecule has 1 saturated heterocycles. The second-order valence-corrected chi connectivity index (χ2v) is 3.49. The van der Waals surface area contributed by atoms with Crippen LogP contribution in [-0.4, -0.2) is 42.5 Å². The van der Waals surface area contributed by atoms with Gasteiger partial charge in [0, 0.05) is 13.1 Å². The van der Waals surface area contributed by atoms with E-state index in [2.05, 4.69) is 14.5 Å². The standard InChI is InChI=1S/C8H12N4O5/c9-8(13)16-7-6(12(14)17-10-7)5-11-1-3-15-4-2-11/h1-5H2,(H2,9,13). The molecule has 0 saturated carbocycles. The van der Waals surface area contributed by atoms with Crippen molar-refractivity contribution in [1.82, 2.24) is 10.1 Å². The van der Waals surface area contributed by atoms with E-state index in [9.17, 15) is 10.0 Å². The Balaban J connectivity index is 2.07. The number of nitrogens with two attached hydrogens (primary N) is 1. The lowest BCUT2D eigenvalue weighted by molar-refractivity contribution is -0.808. The molecular formula is C8H12N4O5. The molecule has 0 aromatic carbocycles. The first-order valence-electron chi connectivity index (χ1n) is 5.03. The summed E-state index contributed by atoms with van der Waals surface area (Å²) in [5.41, 5.74) is 4.96. The normalized spacial score (nSPS) is 16.9. The van der Waals surface area contributed by atoms with Crippen molar-refractivity contribution < 1.29 is 23.8 Å². The zero-order chi connectivity index (χ0) is 12.3. The Kier molecular flexibility index (Phi) is 3.40. The molecule has 0 spiro atoms. The largest absolute Gasteiger partial charge is 0.412 e. The number of ether oxygens (including phenoxy) is 2. The van der Waals surface area contributed by atoms with Crippen molar-refractivity contribution in [3.8, 4) is 5.88 Å². The van der Waals surface area contributed by atoms with Crippen molar-refractivity contribution in [2.24, 2.45) is 5.73 Å². The van der Waals surface area contributed by atoms with E-state index in [1.54, 1.807) is 0 Å². The fraction of sp³-hybridized carbons (Fsp3) is 0.625. The molecule has 94 valence electrons. The molecule has 1 aliphatic heterocycles. The molecule has 9 heteroatoms. The van der Waals surface area contributed by atoms with E-state index in [4.69, 9.17) is 10.5 Å². The predicted octanol–water partition coefficient (Wildman–Crippen LogP) is -1.40. The molecule has 2 N–H and O–H groups in total. The Labute approximate surface area is 96.2 Å². The number of hydrogen-bond donors (Lipinski definition) is 1. The third-order valence-electron chi connectivity index (χ3n) is 2.34. The number of hydrogen-bond acceptors (Lipinski definition) is 7. The average molecular weight is 244 g/mol. The molecule has 0 unspecified atom stereocenters. The highest BCUT2D eigenvalue weighted by molar-refractivity contribution is 5.67. The van der Waals surface area contributed by atoms with Crippen molar-refractivity contribution in [1.29, 1.82) is 0 Å². The molecule has 1 amide bonds. The van der Waals surface area contributed by atoms with Crippen LogP contribution in [0.3, 0.4) is 0 Å². The van der Waals surface area contributed by atoms with E-state index in [1.807, 2.05) is 4.90 Å². The van der Waals surface area contributed by atoms with E-state index < -0.39 is 6.09 Å². The number of morpholine rings is 1. The highest BCUT2D eigenvalue weighted by Gasteiger charge is 2.25. The summed E-state index contributed by atoms with van der Waals surface area (Å²) in [4.78, 5) is 12.8. The molecule has 1 aromatic heterocycles. The lowest BCUT2D eigenvalue weighted by Gasteiger charge is -2.25. The lowest BCUT2D eigenvalue weighted by atomic mass is 10.3. The SMILES string of the molecule is NC(=O)Oc1no[n+]([O-])c1CN1CCOCC1. The number of nitrogens with zero attached hydrogens (tertiary/aromatic N) is 3. The number of amides is 1. The van der Waals surface area contributed by atoms with Gasteiger partial charge in [0.05, 0.1) is 24.9 Å². The van der Waals surface area contributed by atoms with Crippen LogP contribution in [-0.2, 0) is 11.3 Å². The number of aromatic nitrogens is 2. The van der Waals surface area contributed by atoms with E-state index in [0.717, 1.165) is 0 Å². The Hall–Kier alpha value is -1.87. The van der Waals surface area contributed by atoms with E-state index >= 15 is 0 Å². The van der Waals surface area contributed by atoms with Gasteiger partial charge in [0.2, 0.25) is 0 Å². The van der Waals surface area contributed by atoms with Crippen LogP contribution >= 0.6 is 0 Å². The van der Waals surface area contributed by atoms with E-state index in [0.29, 0.717) is 26.3 Å². The van der Waals surface area contributed by atoms with Crippen molar-refractivity contribution in [3.05, 3.63) is 10.9 Å². The second-order valence-electron chi connectivity index (χ2n) is 3.49. The number of carbonyl (C=O) groups is 1. The first kappa shape index (κ1) is 11.6. The maximum absolute atomic E-state index is 11.3. The van der Waals surface area contributed by atoms with Crippen LogP contribution in [0, 0.1) is 5.21 Å². The van der Waals surface area contributed by atoms with E-state index in [1.165, 1.54) is 0 Å². The van der Waals surface area contributed by atoms with Gasteiger partial charge in [0.25, 0.3) is 5.69 Å². The number of primary amides is 1. The Bertz CT molecular complexity index is 401. The molecule has 1 aliphatic rings. The Morgan fingerprint density at radius 3 is 2.94 bits per heavy atom. The Morgan fingerprint density at radius 1 is 1.59 bits per heavy atom. The molecule has 0 radical (unpaired) electrons. The number of carbonyl (C=O) groups excluding carboxylic acids is 1. The quantitative estimate of drug-likeness (QED) is 0.649. The van der Waals surface area contributed by atoms with Crippen molar-refractivity contribution in [2.45, 2.75) is 6.54 Å². The molecule has 2 heterocycles. The molecule has 2 rings (SSSR count). The maximum atomic E-state index is 11.3. The fourth-order valence-electron chi connectivity index (χ4n) is 1.52. The molecule has 17 heavy (non-hydrogen) atoms. The number of rotatable bonds is 3. The molecule has 1 fully saturated rings. The average Bonchev–Trinajstić information content (AvgIpc) is 2.62. The van der Waals surface area contributed by atoms with Gasteiger partial charge >= 0.3 is 12.0 Å². The summed E-state index contributed by atoms with van der Waals surface area (Å²) >= 11 is 0. The zero-order valence-electron chi connectivity index (χ0n) is 9.00. The third-order valence-corrected chi connectivity index (χ3v) is 2.34. The smallest absolute Gasteiger partial charge is 0.379 e. The third kappa shape index (κ3) is 2.82. The summed E-state index contributed by atoms with van der Waals surface area (Å²) in [5, 5.41) is 14.6. The molecular weight excluding hydrogens is 232 g/mol. The highest BCUT2D eigenvalue weighted by atomic mass is 16.8. The van der Waals surface area contributed by atoms with Crippen molar-refractivity contribution >= 4 is 6.09 Å². The topological polar surface area (TPSA) is 118 Å². The summed E-state index contributed by atoms with van der Waals surface area (Å²) in [6.45, 7) is 2.81. The summed E-state index contributed by atoms with van der Waals surface area (Å²) < 4.78 is 14.1. The van der Waals surface area contributed by atoms with Crippen LogP contribution in [0.1, 0.15) is 5.69 Å². The van der Waals surface area contributed by atoms with Crippen LogP contribution < -0.4 is 15.4 Å². The van der Waals surface area contributed by atoms with E-state index in [-0.39, 0.29) is 23.0 Å². The summed E-state index contributed by atoms with van der Waals surface area (Å²) in [5.74, 6) is -0.195. The van der Waals surface area contributed by atoms with Gasteiger partial charge in [-0.25, -0.2) is 4.79 Å². The minimum atomic E-state index is -1.04. The Morgan fingerprint density at radius 2 is 2.29 bits per heavy atom. The summed E-state index contributed by atoms with van der Waals surface area (Å²) in [6.07, 6.45) is -1.04. The maximum Gasteiger partial charge on any atom is 0.412 e. The van der Waals surface area contributed by atoms with Crippen LogP contribution in [0.5, 0.6) is 5.88 Å². The van der Waals surface area contributed by atoms with Gasteiger partial charge in [-0.2, -0.15) is 0 Å². The van der Waals surface area contributed by atoms with Crippen LogP contribution in [0.25, 0.3) is 0 Å². The summed E-state index contributed by atoms with van der Waals surface area (Å²) in [7, 11) is 0. The van der Waals surface area contributed by atoms with Gasteiger partial charge in [0.15, 0.2) is 0 Å². The molecule has 0 bridgehead atoms. The second kappa shape index (κ2) is 4.97. The van der Waals surface area contributed by atoms with Crippen LogP contribution in [0.4, 0.5) is 4.79 Å². The molecule has 0 aliphatic carbocycles. The van der Waals surface area contributed by atoms with Gasteiger partial charge in [0.1, 0.15) is 0 Å².